The Morgan fingerprint density at radius 1 is 1.73 bits per heavy atom. The van der Waals surface area contributed by atoms with Crippen molar-refractivity contribution in [2.75, 3.05) is 13.2 Å². The second-order valence-corrected chi connectivity index (χ2v) is 1.96. The Kier molecular flexibility index (Phi) is 5.11. The highest BCUT2D eigenvalue weighted by Crippen LogP contribution is 1.95. The maximum Gasteiger partial charge on any atom is 0.333 e. The normalized spacial score (nSPS) is 10.9. The van der Waals surface area contributed by atoms with Crippen LogP contribution in [0.4, 0.5) is 0 Å². The van der Waals surface area contributed by atoms with E-state index >= 15 is 0 Å². The Balaban J connectivity index is 3.82. The van der Waals surface area contributed by atoms with Crippen LogP contribution in [0, 0.1) is 0 Å². The molecule has 0 aromatic carbocycles. The van der Waals surface area contributed by atoms with Crippen molar-refractivity contribution in [1.82, 2.24) is 0 Å². The van der Waals surface area contributed by atoms with Crippen LogP contribution in [-0.2, 0) is 9.53 Å². The van der Waals surface area contributed by atoms with E-state index in [4.69, 9.17) is 5.11 Å². The quantitative estimate of drug-likeness (QED) is 0.369. The van der Waals surface area contributed by atoms with Crippen molar-refractivity contribution >= 4 is 5.97 Å². The Bertz CT molecular complexity index is 170. The van der Waals surface area contributed by atoms with Crippen LogP contribution >= 0.6 is 0 Å². The van der Waals surface area contributed by atoms with Crippen molar-refractivity contribution in [2.45, 2.75) is 6.92 Å². The summed E-state index contributed by atoms with van der Waals surface area (Å²) in [5.41, 5.74) is 0.411. The highest BCUT2D eigenvalue weighted by molar-refractivity contribution is 5.87. The molecule has 1 N–H and O–H groups in total. The summed E-state index contributed by atoms with van der Waals surface area (Å²) in [7, 11) is 0. The van der Waals surface area contributed by atoms with Gasteiger partial charge in [0.05, 0.1) is 6.61 Å². The van der Waals surface area contributed by atoms with Gasteiger partial charge in [0.1, 0.15) is 6.61 Å². The predicted molar refractivity (Wildman–Crippen MR) is 42.0 cm³/mol. The smallest absolute Gasteiger partial charge is 0.333 e. The highest BCUT2D eigenvalue weighted by Gasteiger charge is 2.02. The summed E-state index contributed by atoms with van der Waals surface area (Å²) >= 11 is 0. The van der Waals surface area contributed by atoms with Crippen LogP contribution in [0.15, 0.2) is 24.3 Å². The summed E-state index contributed by atoms with van der Waals surface area (Å²) < 4.78 is 4.67. The molecule has 0 aliphatic carbocycles. The van der Waals surface area contributed by atoms with Crippen molar-refractivity contribution in [1.29, 1.82) is 0 Å². The van der Waals surface area contributed by atoms with Crippen molar-refractivity contribution in [2.24, 2.45) is 0 Å². The van der Waals surface area contributed by atoms with Gasteiger partial charge in [-0.1, -0.05) is 12.7 Å². The summed E-state index contributed by atoms with van der Waals surface area (Å²) in [6, 6.07) is 0. The van der Waals surface area contributed by atoms with Gasteiger partial charge in [-0.3, -0.25) is 0 Å². The fourth-order valence-corrected chi connectivity index (χ4v) is 0.469. The van der Waals surface area contributed by atoms with E-state index in [0.717, 1.165) is 0 Å². The maximum absolute atomic E-state index is 10.8. The molecule has 0 amide bonds. The van der Waals surface area contributed by atoms with Crippen molar-refractivity contribution < 1.29 is 14.6 Å². The molecule has 0 aromatic rings. The third-order valence-corrected chi connectivity index (χ3v) is 1.05. The van der Waals surface area contributed by atoms with E-state index in [1.165, 1.54) is 12.2 Å². The monoisotopic (exact) mass is 156 g/mol. The lowest BCUT2D eigenvalue weighted by Crippen LogP contribution is -2.05. The van der Waals surface area contributed by atoms with E-state index in [2.05, 4.69) is 11.3 Å². The molecule has 0 atom stereocenters. The molecule has 0 saturated heterocycles. The van der Waals surface area contributed by atoms with Crippen LogP contribution in [0.5, 0.6) is 0 Å². The van der Waals surface area contributed by atoms with E-state index in [0.29, 0.717) is 5.57 Å². The second kappa shape index (κ2) is 5.68. The zero-order valence-corrected chi connectivity index (χ0v) is 6.54. The highest BCUT2D eigenvalue weighted by atomic mass is 16.5. The predicted octanol–water partition coefficient (Wildman–Crippen LogP) is 0.654. The average molecular weight is 156 g/mol. The van der Waals surface area contributed by atoms with Gasteiger partial charge in [-0.2, -0.15) is 0 Å². The molecule has 0 heterocycles. The molecule has 0 aliphatic heterocycles. The van der Waals surface area contributed by atoms with Crippen LogP contribution in [-0.4, -0.2) is 24.3 Å². The minimum Gasteiger partial charge on any atom is -0.458 e. The molecule has 0 radical (unpaired) electrons. The van der Waals surface area contributed by atoms with E-state index in [9.17, 15) is 4.79 Å². The number of rotatable bonds is 4. The van der Waals surface area contributed by atoms with Gasteiger partial charge in [0.15, 0.2) is 0 Å². The van der Waals surface area contributed by atoms with Crippen LogP contribution in [0.2, 0.25) is 0 Å². The van der Waals surface area contributed by atoms with Crippen molar-refractivity contribution in [3.8, 4) is 0 Å². The first-order chi connectivity index (χ1) is 5.22. The lowest BCUT2D eigenvalue weighted by atomic mass is 10.3. The zero-order valence-electron chi connectivity index (χ0n) is 6.54. The summed E-state index contributed by atoms with van der Waals surface area (Å²) in [5.74, 6) is -0.418. The Morgan fingerprint density at radius 3 is 2.82 bits per heavy atom. The molecule has 11 heavy (non-hydrogen) atoms. The van der Waals surface area contributed by atoms with E-state index in [1.807, 2.05) is 0 Å². The van der Waals surface area contributed by atoms with Crippen molar-refractivity contribution in [3.05, 3.63) is 24.3 Å². The van der Waals surface area contributed by atoms with Gasteiger partial charge in [-0.15, -0.1) is 0 Å². The van der Waals surface area contributed by atoms with Crippen molar-refractivity contribution in [3.63, 3.8) is 0 Å². The number of hydrogen-bond acceptors (Lipinski definition) is 3. The molecular formula is C8H12O3. The molecule has 62 valence electrons. The molecule has 0 rings (SSSR count). The zero-order chi connectivity index (χ0) is 8.69. The molecule has 3 heteroatoms. The molecule has 0 spiro atoms. The molecule has 0 bridgehead atoms. The van der Waals surface area contributed by atoms with Gasteiger partial charge >= 0.3 is 5.97 Å². The lowest BCUT2D eigenvalue weighted by molar-refractivity contribution is -0.137. The standard InChI is InChI=1S/C8H12O3/c1-3-6-11-8(10)7(2)4-5-9/h3-4,9H,1,5-6H2,2H3. The fraction of sp³-hybridized carbons (Fsp3) is 0.375. The summed E-state index contributed by atoms with van der Waals surface area (Å²) in [6.45, 7) is 5.04. The summed E-state index contributed by atoms with van der Waals surface area (Å²) in [6.07, 6.45) is 2.88. The van der Waals surface area contributed by atoms with Gasteiger partial charge in [-0.05, 0) is 13.0 Å². The number of carbonyl (C=O) groups excluding carboxylic acids is 1. The fourth-order valence-electron chi connectivity index (χ4n) is 0.469. The third kappa shape index (κ3) is 4.33. The van der Waals surface area contributed by atoms with E-state index in [-0.39, 0.29) is 13.2 Å². The number of esters is 1. The Morgan fingerprint density at radius 2 is 2.36 bits per heavy atom. The largest absolute Gasteiger partial charge is 0.458 e. The van der Waals surface area contributed by atoms with Gasteiger partial charge in [0, 0.05) is 5.57 Å². The summed E-state index contributed by atoms with van der Waals surface area (Å²) in [4.78, 5) is 10.8. The molecule has 0 aliphatic rings. The molecular weight excluding hydrogens is 144 g/mol. The van der Waals surface area contributed by atoms with Gasteiger partial charge in [0.2, 0.25) is 0 Å². The molecule has 0 fully saturated rings. The lowest BCUT2D eigenvalue weighted by Gasteiger charge is -1.99. The molecule has 0 aromatic heterocycles. The number of aliphatic hydroxyl groups is 1. The average Bonchev–Trinajstić information content (AvgIpc) is 2.00. The minimum absolute atomic E-state index is 0.144. The minimum atomic E-state index is -0.418. The molecule has 3 nitrogen and oxygen atoms in total. The van der Waals surface area contributed by atoms with Gasteiger partial charge < -0.3 is 9.84 Å². The third-order valence-electron chi connectivity index (χ3n) is 1.05. The van der Waals surface area contributed by atoms with Crippen LogP contribution < -0.4 is 0 Å². The van der Waals surface area contributed by atoms with E-state index < -0.39 is 5.97 Å². The number of aliphatic hydroxyl groups excluding tert-OH is 1. The second-order valence-electron chi connectivity index (χ2n) is 1.96. The number of hydrogen-bond donors (Lipinski definition) is 1. The van der Waals surface area contributed by atoms with E-state index in [1.54, 1.807) is 6.92 Å². The maximum atomic E-state index is 10.8. The number of ether oxygens (including phenoxy) is 1. The first-order valence-corrected chi connectivity index (χ1v) is 3.28. The van der Waals surface area contributed by atoms with Gasteiger partial charge in [0.25, 0.3) is 0 Å². The Labute approximate surface area is 66.0 Å². The topological polar surface area (TPSA) is 46.5 Å². The van der Waals surface area contributed by atoms with Crippen LogP contribution in [0.25, 0.3) is 0 Å². The number of carbonyl (C=O) groups is 1. The molecule has 0 unspecified atom stereocenters. The molecule has 0 saturated carbocycles. The van der Waals surface area contributed by atoms with Gasteiger partial charge in [-0.25, -0.2) is 4.79 Å². The first kappa shape index (κ1) is 9.91. The SMILES string of the molecule is C=CCOC(=O)C(C)=CCO. The Hall–Kier alpha value is -1.09. The summed E-state index contributed by atoms with van der Waals surface area (Å²) in [5, 5.41) is 8.41. The van der Waals surface area contributed by atoms with Crippen LogP contribution in [0.3, 0.4) is 0 Å². The van der Waals surface area contributed by atoms with Crippen LogP contribution in [0.1, 0.15) is 6.92 Å². The first-order valence-electron chi connectivity index (χ1n) is 3.28.